The summed E-state index contributed by atoms with van der Waals surface area (Å²) in [6.45, 7) is 14.5. The van der Waals surface area contributed by atoms with Crippen LogP contribution in [0.3, 0.4) is 0 Å². The van der Waals surface area contributed by atoms with E-state index in [0.717, 1.165) is 11.8 Å². The summed E-state index contributed by atoms with van der Waals surface area (Å²) in [6, 6.07) is 0.705. The van der Waals surface area contributed by atoms with E-state index < -0.39 is 0 Å². The second-order valence-corrected chi connectivity index (χ2v) is 6.56. The first kappa shape index (κ1) is 12.4. The van der Waals surface area contributed by atoms with Crippen molar-refractivity contribution < 1.29 is 0 Å². The quantitative estimate of drug-likeness (QED) is 0.788. The highest BCUT2D eigenvalue weighted by Gasteiger charge is 2.46. The maximum Gasteiger partial charge on any atom is 0.0218 e. The van der Waals surface area contributed by atoms with Crippen LogP contribution in [0.15, 0.2) is 0 Å². The lowest BCUT2D eigenvalue weighted by molar-refractivity contribution is 0.130. The monoisotopic (exact) mass is 224 g/mol. The van der Waals surface area contributed by atoms with Crippen LogP contribution in [0.5, 0.6) is 0 Å². The van der Waals surface area contributed by atoms with Crippen molar-refractivity contribution in [2.24, 2.45) is 17.3 Å². The van der Waals surface area contributed by atoms with Gasteiger partial charge in [0.15, 0.2) is 0 Å². The van der Waals surface area contributed by atoms with E-state index in [0.29, 0.717) is 11.5 Å². The first-order valence-corrected chi connectivity index (χ1v) is 6.99. The van der Waals surface area contributed by atoms with E-state index in [2.05, 4.69) is 37.9 Å². The molecule has 1 aliphatic carbocycles. The Hall–Kier alpha value is -0.0800. The van der Waals surface area contributed by atoms with E-state index in [1.54, 1.807) is 0 Å². The van der Waals surface area contributed by atoms with Crippen molar-refractivity contribution in [3.63, 3.8) is 0 Å². The Labute approximate surface area is 101 Å². The summed E-state index contributed by atoms with van der Waals surface area (Å²) in [6.07, 6.45) is 2.92. The van der Waals surface area contributed by atoms with E-state index in [-0.39, 0.29) is 0 Å². The van der Waals surface area contributed by atoms with Crippen LogP contribution in [0.2, 0.25) is 0 Å². The van der Waals surface area contributed by atoms with E-state index in [4.69, 9.17) is 0 Å². The molecule has 1 N–H and O–H groups in total. The molecule has 2 fully saturated rings. The minimum absolute atomic E-state index is 0.679. The topological polar surface area (TPSA) is 15.3 Å². The van der Waals surface area contributed by atoms with Crippen molar-refractivity contribution in [1.82, 2.24) is 10.2 Å². The molecule has 0 aromatic heterocycles. The van der Waals surface area contributed by atoms with Crippen molar-refractivity contribution in [3.8, 4) is 0 Å². The fourth-order valence-electron chi connectivity index (χ4n) is 2.96. The first-order chi connectivity index (χ1) is 7.53. The minimum atomic E-state index is 0.679. The summed E-state index contributed by atoms with van der Waals surface area (Å²) in [7, 11) is 0. The molecule has 0 bridgehead atoms. The van der Waals surface area contributed by atoms with Crippen LogP contribution in [0.25, 0.3) is 0 Å². The summed E-state index contributed by atoms with van der Waals surface area (Å²) in [4.78, 5) is 2.70. The van der Waals surface area contributed by atoms with Crippen LogP contribution in [0.1, 0.15) is 40.5 Å². The van der Waals surface area contributed by atoms with Gasteiger partial charge in [0.2, 0.25) is 0 Å². The van der Waals surface area contributed by atoms with Gasteiger partial charge in [-0.3, -0.25) is 4.90 Å². The molecule has 1 unspecified atom stereocenters. The maximum absolute atomic E-state index is 3.64. The fourth-order valence-corrected chi connectivity index (χ4v) is 2.96. The van der Waals surface area contributed by atoms with Crippen molar-refractivity contribution in [2.45, 2.75) is 46.6 Å². The Morgan fingerprint density at radius 1 is 1.25 bits per heavy atom. The summed E-state index contributed by atoms with van der Waals surface area (Å²) in [5.74, 6) is 1.62. The second kappa shape index (κ2) is 4.66. The van der Waals surface area contributed by atoms with Gasteiger partial charge in [0.1, 0.15) is 0 Å². The molecule has 1 saturated carbocycles. The van der Waals surface area contributed by atoms with Gasteiger partial charge in [0, 0.05) is 32.2 Å². The molecule has 2 nitrogen and oxygen atoms in total. The van der Waals surface area contributed by atoms with Crippen LogP contribution in [0, 0.1) is 17.3 Å². The first-order valence-electron chi connectivity index (χ1n) is 6.99. The number of nitrogens with zero attached hydrogens (tertiary/aromatic N) is 1. The highest BCUT2D eigenvalue weighted by atomic mass is 15.2. The SMILES string of the molecule is CC(C)C1CN(CC2(C(C)C)CC2)CCN1. The van der Waals surface area contributed by atoms with Gasteiger partial charge in [-0.25, -0.2) is 0 Å². The molecule has 0 amide bonds. The lowest BCUT2D eigenvalue weighted by Crippen LogP contribution is -2.54. The number of rotatable bonds is 4. The van der Waals surface area contributed by atoms with Crippen molar-refractivity contribution in [1.29, 1.82) is 0 Å². The molecule has 0 aromatic rings. The molecule has 1 saturated heterocycles. The molecule has 2 rings (SSSR count). The minimum Gasteiger partial charge on any atom is -0.311 e. The number of hydrogen-bond donors (Lipinski definition) is 1. The van der Waals surface area contributed by atoms with Gasteiger partial charge in [-0.05, 0) is 30.1 Å². The largest absolute Gasteiger partial charge is 0.311 e. The predicted octanol–water partition coefficient (Wildman–Crippen LogP) is 2.35. The second-order valence-electron chi connectivity index (χ2n) is 6.56. The zero-order valence-corrected chi connectivity index (χ0v) is 11.4. The average molecular weight is 224 g/mol. The van der Waals surface area contributed by atoms with Gasteiger partial charge in [-0.2, -0.15) is 0 Å². The van der Waals surface area contributed by atoms with Gasteiger partial charge >= 0.3 is 0 Å². The number of hydrogen-bond acceptors (Lipinski definition) is 2. The van der Waals surface area contributed by atoms with Crippen LogP contribution in [-0.4, -0.2) is 37.1 Å². The molecule has 1 atom stereocenters. The van der Waals surface area contributed by atoms with Gasteiger partial charge in [0.05, 0.1) is 0 Å². The summed E-state index contributed by atoms with van der Waals surface area (Å²) in [5.41, 5.74) is 0.679. The van der Waals surface area contributed by atoms with Crippen LogP contribution in [0.4, 0.5) is 0 Å². The summed E-state index contributed by atoms with van der Waals surface area (Å²) < 4.78 is 0. The van der Waals surface area contributed by atoms with E-state index in [1.807, 2.05) is 0 Å². The Bertz CT molecular complexity index is 231. The lowest BCUT2D eigenvalue weighted by atomic mass is 9.91. The summed E-state index contributed by atoms with van der Waals surface area (Å²) in [5, 5.41) is 3.64. The molecule has 0 aromatic carbocycles. The van der Waals surface area contributed by atoms with Crippen molar-refractivity contribution >= 4 is 0 Å². The third-order valence-electron chi connectivity index (χ3n) is 4.75. The third-order valence-corrected chi connectivity index (χ3v) is 4.75. The highest BCUT2D eigenvalue weighted by molar-refractivity contribution is 4.98. The van der Waals surface area contributed by atoms with Gasteiger partial charge < -0.3 is 5.32 Å². The Morgan fingerprint density at radius 3 is 2.44 bits per heavy atom. The fraction of sp³-hybridized carbons (Fsp3) is 1.00. The zero-order chi connectivity index (χ0) is 11.8. The Kier molecular flexibility index (Phi) is 3.60. The smallest absolute Gasteiger partial charge is 0.0218 e. The van der Waals surface area contributed by atoms with E-state index in [1.165, 1.54) is 39.0 Å². The Balaban J connectivity index is 1.86. The number of piperazine rings is 1. The summed E-state index contributed by atoms with van der Waals surface area (Å²) >= 11 is 0. The third kappa shape index (κ3) is 2.60. The Morgan fingerprint density at radius 2 is 1.94 bits per heavy atom. The van der Waals surface area contributed by atoms with Crippen LogP contribution >= 0.6 is 0 Å². The lowest BCUT2D eigenvalue weighted by Gasteiger charge is -2.38. The zero-order valence-electron chi connectivity index (χ0n) is 11.4. The predicted molar refractivity (Wildman–Crippen MR) is 69.6 cm³/mol. The van der Waals surface area contributed by atoms with Crippen LogP contribution in [-0.2, 0) is 0 Å². The molecule has 1 aliphatic heterocycles. The molecule has 0 radical (unpaired) electrons. The van der Waals surface area contributed by atoms with E-state index >= 15 is 0 Å². The maximum atomic E-state index is 3.64. The average Bonchev–Trinajstić information content (AvgIpc) is 2.99. The van der Waals surface area contributed by atoms with Crippen LogP contribution < -0.4 is 5.32 Å². The van der Waals surface area contributed by atoms with Crippen molar-refractivity contribution in [3.05, 3.63) is 0 Å². The highest BCUT2D eigenvalue weighted by Crippen LogP contribution is 2.52. The normalized spacial score (nSPS) is 30.0. The van der Waals surface area contributed by atoms with E-state index in [9.17, 15) is 0 Å². The van der Waals surface area contributed by atoms with Crippen molar-refractivity contribution in [2.75, 3.05) is 26.2 Å². The number of nitrogens with one attached hydrogen (secondary N) is 1. The van der Waals surface area contributed by atoms with Gasteiger partial charge in [-0.15, -0.1) is 0 Å². The molecular formula is C14H28N2. The molecule has 2 heteroatoms. The molecule has 0 spiro atoms. The molecule has 1 heterocycles. The molecular weight excluding hydrogens is 196 g/mol. The molecule has 2 aliphatic rings. The van der Waals surface area contributed by atoms with Gasteiger partial charge in [-0.1, -0.05) is 27.7 Å². The standard InChI is InChI=1S/C14H28N2/c1-11(2)13-9-16(8-7-15-13)10-14(5-6-14)12(3)4/h11-13,15H,5-10H2,1-4H3. The van der Waals surface area contributed by atoms with Gasteiger partial charge in [0.25, 0.3) is 0 Å². The molecule has 94 valence electrons. The molecule has 16 heavy (non-hydrogen) atoms.